The molecule has 2 aromatic carbocycles. The summed E-state index contributed by atoms with van der Waals surface area (Å²) in [6, 6.07) is 20.8. The van der Waals surface area contributed by atoms with Gasteiger partial charge in [0, 0.05) is 38.9 Å². The zero-order valence-electron chi connectivity index (χ0n) is 17.6. The van der Waals surface area contributed by atoms with Crippen LogP contribution in [0.3, 0.4) is 0 Å². The van der Waals surface area contributed by atoms with Gasteiger partial charge in [0.1, 0.15) is 23.7 Å². The number of carboxylic acids is 1. The van der Waals surface area contributed by atoms with Crippen molar-refractivity contribution < 1.29 is 14.6 Å². The first-order chi connectivity index (χ1) is 15.6. The Balaban J connectivity index is 1.32. The lowest BCUT2D eigenvalue weighted by Gasteiger charge is -2.35. The fourth-order valence-corrected chi connectivity index (χ4v) is 3.80. The molecule has 1 N–H and O–H groups in total. The van der Waals surface area contributed by atoms with Gasteiger partial charge in [0.05, 0.1) is 11.6 Å². The average molecular weight is 428 g/mol. The van der Waals surface area contributed by atoms with Gasteiger partial charge in [-0.15, -0.1) is 0 Å². The van der Waals surface area contributed by atoms with Crippen LogP contribution in [0.4, 0.5) is 5.82 Å². The Morgan fingerprint density at radius 2 is 1.78 bits per heavy atom. The number of hydrogen-bond acceptors (Lipinski definition) is 6. The average Bonchev–Trinajstić information content (AvgIpc) is 2.84. The lowest BCUT2D eigenvalue weighted by molar-refractivity contribution is 0.0697. The van der Waals surface area contributed by atoms with Gasteiger partial charge < -0.3 is 14.7 Å². The third-order valence-electron chi connectivity index (χ3n) is 5.48. The molecule has 0 unspecified atom stereocenters. The maximum atomic E-state index is 11.5. The molecule has 0 bridgehead atoms. The van der Waals surface area contributed by atoms with Gasteiger partial charge in [-0.05, 0) is 47.5 Å². The maximum absolute atomic E-state index is 11.5. The highest BCUT2D eigenvalue weighted by molar-refractivity contribution is 5.93. The Morgan fingerprint density at radius 1 is 1.03 bits per heavy atom. The maximum Gasteiger partial charge on any atom is 0.339 e. The van der Waals surface area contributed by atoms with E-state index < -0.39 is 5.97 Å². The summed E-state index contributed by atoms with van der Waals surface area (Å²) in [6.45, 7) is 4.43. The van der Waals surface area contributed by atoms with Crippen molar-refractivity contribution in [3.8, 4) is 11.8 Å². The van der Waals surface area contributed by atoms with E-state index in [1.165, 1.54) is 5.56 Å². The summed E-state index contributed by atoms with van der Waals surface area (Å²) in [5.41, 5.74) is 3.16. The van der Waals surface area contributed by atoms with Crippen LogP contribution in [0, 0.1) is 11.3 Å². The van der Waals surface area contributed by atoms with Crippen molar-refractivity contribution in [1.29, 1.82) is 5.26 Å². The molecule has 0 amide bonds. The SMILES string of the molecule is N#Cc1ccc(OCc2cccc(CN3CCN(c4ncccc4C(=O)O)CC3)c2)cc1. The summed E-state index contributed by atoms with van der Waals surface area (Å²) in [4.78, 5) is 20.2. The molecule has 1 aliphatic heterocycles. The van der Waals surface area contributed by atoms with Crippen LogP contribution >= 0.6 is 0 Å². The zero-order valence-corrected chi connectivity index (χ0v) is 17.6. The number of nitrogens with zero attached hydrogens (tertiary/aromatic N) is 4. The number of rotatable bonds is 7. The largest absolute Gasteiger partial charge is 0.489 e. The second-order valence-corrected chi connectivity index (χ2v) is 7.69. The lowest BCUT2D eigenvalue weighted by atomic mass is 10.1. The third-order valence-corrected chi connectivity index (χ3v) is 5.48. The number of nitriles is 1. The molecule has 0 radical (unpaired) electrons. The molecule has 0 aliphatic carbocycles. The third kappa shape index (κ3) is 5.23. The second kappa shape index (κ2) is 9.94. The van der Waals surface area contributed by atoms with E-state index in [0.717, 1.165) is 44.0 Å². The number of hydrogen-bond donors (Lipinski definition) is 1. The minimum Gasteiger partial charge on any atom is -0.489 e. The highest BCUT2D eigenvalue weighted by atomic mass is 16.5. The van der Waals surface area contributed by atoms with E-state index in [-0.39, 0.29) is 5.56 Å². The Labute approximate surface area is 187 Å². The van der Waals surface area contributed by atoms with E-state index in [2.05, 4.69) is 28.1 Å². The van der Waals surface area contributed by atoms with E-state index in [0.29, 0.717) is 18.0 Å². The number of benzene rings is 2. The summed E-state index contributed by atoms with van der Waals surface area (Å²) < 4.78 is 5.85. The molecule has 7 heteroatoms. The number of piperazine rings is 1. The molecular formula is C25H24N4O3. The van der Waals surface area contributed by atoms with Crippen LogP contribution in [0.5, 0.6) is 5.75 Å². The van der Waals surface area contributed by atoms with Crippen molar-refractivity contribution in [1.82, 2.24) is 9.88 Å². The van der Waals surface area contributed by atoms with Gasteiger partial charge in [-0.2, -0.15) is 5.26 Å². The van der Waals surface area contributed by atoms with Crippen molar-refractivity contribution in [2.24, 2.45) is 0 Å². The van der Waals surface area contributed by atoms with E-state index >= 15 is 0 Å². The van der Waals surface area contributed by atoms with Crippen molar-refractivity contribution in [3.05, 3.63) is 89.1 Å². The highest BCUT2D eigenvalue weighted by Gasteiger charge is 2.22. The van der Waals surface area contributed by atoms with Gasteiger partial charge in [-0.3, -0.25) is 4.90 Å². The molecule has 1 aromatic heterocycles. The van der Waals surface area contributed by atoms with Crippen LogP contribution in [0.2, 0.25) is 0 Å². The van der Waals surface area contributed by atoms with Crippen LogP contribution in [-0.4, -0.2) is 47.1 Å². The number of ether oxygens (including phenoxy) is 1. The second-order valence-electron chi connectivity index (χ2n) is 7.69. The zero-order chi connectivity index (χ0) is 22.3. The topological polar surface area (TPSA) is 89.7 Å². The van der Waals surface area contributed by atoms with Crippen LogP contribution in [-0.2, 0) is 13.2 Å². The summed E-state index contributed by atoms with van der Waals surface area (Å²) in [5.74, 6) is 0.331. The lowest BCUT2D eigenvalue weighted by Crippen LogP contribution is -2.46. The number of carbonyl (C=O) groups is 1. The van der Waals surface area contributed by atoms with Gasteiger partial charge >= 0.3 is 5.97 Å². The standard InChI is InChI=1S/C25H24N4O3/c26-16-19-6-8-22(9-7-19)32-18-21-4-1-3-20(15-21)17-28-11-13-29(14-12-28)24-23(25(30)31)5-2-10-27-24/h1-10,15H,11-14,17-18H2,(H,30,31). The number of carboxylic acid groups (broad SMARTS) is 1. The first-order valence-electron chi connectivity index (χ1n) is 10.5. The summed E-state index contributed by atoms with van der Waals surface area (Å²) in [7, 11) is 0. The van der Waals surface area contributed by atoms with Gasteiger partial charge in [0.25, 0.3) is 0 Å². The van der Waals surface area contributed by atoms with Crippen molar-refractivity contribution in [3.63, 3.8) is 0 Å². The normalized spacial score (nSPS) is 14.0. The summed E-state index contributed by atoms with van der Waals surface area (Å²) in [6.07, 6.45) is 1.64. The molecule has 4 rings (SSSR count). The first-order valence-corrected chi connectivity index (χ1v) is 10.5. The summed E-state index contributed by atoms with van der Waals surface area (Å²) in [5, 5.41) is 18.3. The van der Waals surface area contributed by atoms with Crippen LogP contribution in [0.1, 0.15) is 27.0 Å². The van der Waals surface area contributed by atoms with Gasteiger partial charge in [-0.25, -0.2) is 9.78 Å². The predicted octanol–water partition coefficient (Wildman–Crippen LogP) is 3.55. The molecular weight excluding hydrogens is 404 g/mol. The Bertz CT molecular complexity index is 1120. The van der Waals surface area contributed by atoms with Crippen LogP contribution in [0.25, 0.3) is 0 Å². The Hall–Kier alpha value is -3.89. The molecule has 3 aromatic rings. The molecule has 1 aliphatic rings. The van der Waals surface area contributed by atoms with Crippen molar-refractivity contribution in [2.45, 2.75) is 13.2 Å². The highest BCUT2D eigenvalue weighted by Crippen LogP contribution is 2.20. The van der Waals surface area contributed by atoms with E-state index in [1.807, 2.05) is 17.0 Å². The van der Waals surface area contributed by atoms with Crippen LogP contribution in [0.15, 0.2) is 66.9 Å². The minimum absolute atomic E-state index is 0.246. The number of aromatic carboxylic acids is 1. The molecule has 32 heavy (non-hydrogen) atoms. The molecule has 162 valence electrons. The summed E-state index contributed by atoms with van der Waals surface area (Å²) >= 11 is 0. The van der Waals surface area contributed by atoms with Gasteiger partial charge in [0.15, 0.2) is 0 Å². The van der Waals surface area contributed by atoms with Crippen molar-refractivity contribution in [2.75, 3.05) is 31.1 Å². The van der Waals surface area contributed by atoms with E-state index in [1.54, 1.807) is 42.6 Å². The fourth-order valence-electron chi connectivity index (χ4n) is 3.80. The monoisotopic (exact) mass is 428 g/mol. The smallest absolute Gasteiger partial charge is 0.339 e. The van der Waals surface area contributed by atoms with Crippen LogP contribution < -0.4 is 9.64 Å². The number of anilines is 1. The number of pyridine rings is 1. The molecule has 1 fully saturated rings. The molecule has 7 nitrogen and oxygen atoms in total. The Kier molecular flexibility index (Phi) is 6.63. The molecule has 2 heterocycles. The fraction of sp³-hybridized carbons (Fsp3) is 0.240. The van der Waals surface area contributed by atoms with E-state index in [4.69, 9.17) is 10.00 Å². The first kappa shape index (κ1) is 21.3. The molecule has 0 saturated carbocycles. The van der Waals surface area contributed by atoms with Crippen molar-refractivity contribution >= 4 is 11.8 Å². The quantitative estimate of drug-likeness (QED) is 0.615. The minimum atomic E-state index is -0.949. The van der Waals surface area contributed by atoms with E-state index in [9.17, 15) is 9.90 Å². The number of aromatic nitrogens is 1. The predicted molar refractivity (Wildman–Crippen MR) is 121 cm³/mol. The molecule has 0 spiro atoms. The van der Waals surface area contributed by atoms with Gasteiger partial charge in [0.2, 0.25) is 0 Å². The van der Waals surface area contributed by atoms with Gasteiger partial charge in [-0.1, -0.05) is 24.3 Å². The molecule has 0 atom stereocenters. The molecule has 1 saturated heterocycles. The Morgan fingerprint density at radius 3 is 2.50 bits per heavy atom.